The molecule has 0 aliphatic rings. The third-order valence-corrected chi connectivity index (χ3v) is 5.15. The average molecular weight is 414 g/mol. The minimum Gasteiger partial charge on any atom is -0.280 e. The maximum absolute atomic E-state index is 12.9. The standard InChI is InChI=1S/C19H15FN4O4S/c20-15-8-6-14(7-9-15)13-21-22-18-11-10-17(12-19(18)24(25)26)29(27,28)23-16-4-2-1-3-5-16/h1-13,22-23H/b21-13-. The number of nitro benzene ring substituents is 1. The van der Waals surface area contributed by atoms with Gasteiger partial charge >= 0.3 is 0 Å². The van der Waals surface area contributed by atoms with Crippen molar-refractivity contribution in [2.24, 2.45) is 5.10 Å². The Morgan fingerprint density at radius 2 is 1.69 bits per heavy atom. The van der Waals surface area contributed by atoms with E-state index >= 15 is 0 Å². The van der Waals surface area contributed by atoms with Crippen LogP contribution in [0.25, 0.3) is 0 Å². The molecule has 0 amide bonds. The number of nitrogens with one attached hydrogen (secondary N) is 2. The summed E-state index contributed by atoms with van der Waals surface area (Å²) in [6.07, 6.45) is 1.35. The molecule has 0 radical (unpaired) electrons. The molecule has 3 aromatic carbocycles. The van der Waals surface area contributed by atoms with E-state index in [1.165, 1.54) is 42.6 Å². The maximum Gasteiger partial charge on any atom is 0.295 e. The molecule has 8 nitrogen and oxygen atoms in total. The fraction of sp³-hybridized carbons (Fsp3) is 0. The molecule has 0 atom stereocenters. The number of anilines is 2. The lowest BCUT2D eigenvalue weighted by Crippen LogP contribution is -2.13. The van der Waals surface area contributed by atoms with Gasteiger partial charge in [0.2, 0.25) is 0 Å². The number of para-hydroxylation sites is 1. The second kappa shape index (κ2) is 8.48. The van der Waals surface area contributed by atoms with E-state index in [2.05, 4.69) is 15.2 Å². The number of sulfonamides is 1. The van der Waals surface area contributed by atoms with E-state index in [-0.39, 0.29) is 10.6 Å². The van der Waals surface area contributed by atoms with Gasteiger partial charge in [-0.2, -0.15) is 5.10 Å². The first-order chi connectivity index (χ1) is 13.8. The first kappa shape index (κ1) is 20.0. The van der Waals surface area contributed by atoms with Gasteiger partial charge in [0.1, 0.15) is 11.5 Å². The smallest absolute Gasteiger partial charge is 0.280 e. The summed E-state index contributed by atoms with van der Waals surface area (Å²) in [5.74, 6) is -0.397. The van der Waals surface area contributed by atoms with Gasteiger partial charge in [-0.15, -0.1) is 0 Å². The molecule has 0 aliphatic carbocycles. The molecule has 3 aromatic rings. The molecule has 0 aliphatic heterocycles. The minimum atomic E-state index is -4.01. The summed E-state index contributed by atoms with van der Waals surface area (Å²) in [6.45, 7) is 0. The Balaban J connectivity index is 1.83. The van der Waals surface area contributed by atoms with E-state index in [1.54, 1.807) is 30.3 Å². The van der Waals surface area contributed by atoms with Crippen molar-refractivity contribution in [2.75, 3.05) is 10.1 Å². The maximum atomic E-state index is 12.9. The summed E-state index contributed by atoms with van der Waals surface area (Å²) in [7, 11) is -4.01. The van der Waals surface area contributed by atoms with Crippen molar-refractivity contribution in [3.8, 4) is 0 Å². The Labute approximate surface area is 165 Å². The minimum absolute atomic E-state index is 0.00650. The van der Waals surface area contributed by atoms with Gasteiger partial charge in [0.25, 0.3) is 15.7 Å². The van der Waals surface area contributed by atoms with Gasteiger partial charge in [-0.3, -0.25) is 20.3 Å². The van der Waals surface area contributed by atoms with Crippen molar-refractivity contribution in [1.29, 1.82) is 0 Å². The van der Waals surface area contributed by atoms with E-state index in [9.17, 15) is 22.9 Å². The van der Waals surface area contributed by atoms with Crippen LogP contribution in [0.1, 0.15) is 5.56 Å². The van der Waals surface area contributed by atoms with Gasteiger partial charge in [0, 0.05) is 11.8 Å². The van der Waals surface area contributed by atoms with Crippen LogP contribution in [0.2, 0.25) is 0 Å². The molecule has 29 heavy (non-hydrogen) atoms. The Bertz CT molecular complexity index is 1150. The number of benzene rings is 3. The highest BCUT2D eigenvalue weighted by molar-refractivity contribution is 7.92. The molecular formula is C19H15FN4O4S. The molecule has 0 heterocycles. The monoisotopic (exact) mass is 414 g/mol. The molecule has 0 aromatic heterocycles. The first-order valence-corrected chi connectivity index (χ1v) is 9.74. The second-order valence-corrected chi connectivity index (χ2v) is 7.51. The van der Waals surface area contributed by atoms with Crippen molar-refractivity contribution < 1.29 is 17.7 Å². The molecule has 0 saturated carbocycles. The van der Waals surface area contributed by atoms with Crippen LogP contribution in [0.15, 0.2) is 82.8 Å². The number of nitro groups is 1. The van der Waals surface area contributed by atoms with Crippen molar-refractivity contribution in [3.63, 3.8) is 0 Å². The largest absolute Gasteiger partial charge is 0.295 e. The topological polar surface area (TPSA) is 114 Å². The normalized spacial score (nSPS) is 11.3. The number of hydrazone groups is 1. The van der Waals surface area contributed by atoms with E-state index < -0.39 is 26.5 Å². The lowest BCUT2D eigenvalue weighted by Gasteiger charge is -2.09. The van der Waals surface area contributed by atoms with Gasteiger partial charge in [-0.05, 0) is 42.0 Å². The Hall–Kier alpha value is -3.79. The van der Waals surface area contributed by atoms with Crippen molar-refractivity contribution >= 4 is 33.3 Å². The molecular weight excluding hydrogens is 399 g/mol. The molecule has 10 heteroatoms. The van der Waals surface area contributed by atoms with E-state index in [0.29, 0.717) is 11.3 Å². The van der Waals surface area contributed by atoms with Crippen LogP contribution in [0.4, 0.5) is 21.5 Å². The third-order valence-electron chi connectivity index (χ3n) is 3.77. The summed E-state index contributed by atoms with van der Waals surface area (Å²) < 4.78 is 40.3. The third kappa shape index (κ3) is 5.14. The molecule has 0 fully saturated rings. The van der Waals surface area contributed by atoms with Crippen LogP contribution in [0.5, 0.6) is 0 Å². The van der Waals surface area contributed by atoms with E-state index in [0.717, 1.165) is 6.07 Å². The molecule has 3 rings (SSSR count). The number of nitrogens with zero attached hydrogens (tertiary/aromatic N) is 2. The second-order valence-electron chi connectivity index (χ2n) is 5.83. The number of rotatable bonds is 7. The highest BCUT2D eigenvalue weighted by atomic mass is 32.2. The SMILES string of the molecule is O=[N+]([O-])c1cc(S(=O)(=O)Nc2ccccc2)ccc1N/N=C\c1ccc(F)cc1. The first-order valence-electron chi connectivity index (χ1n) is 8.26. The Morgan fingerprint density at radius 3 is 2.34 bits per heavy atom. The Morgan fingerprint density at radius 1 is 1.00 bits per heavy atom. The summed E-state index contributed by atoms with van der Waals surface area (Å²) in [5, 5.41) is 15.3. The van der Waals surface area contributed by atoms with Gasteiger partial charge in [-0.25, -0.2) is 12.8 Å². The highest BCUT2D eigenvalue weighted by Gasteiger charge is 2.21. The number of hydrogen-bond donors (Lipinski definition) is 2. The lowest BCUT2D eigenvalue weighted by atomic mass is 10.2. The zero-order valence-corrected chi connectivity index (χ0v) is 15.6. The van der Waals surface area contributed by atoms with Crippen molar-refractivity contribution in [3.05, 3.63) is 94.3 Å². The zero-order chi connectivity index (χ0) is 20.9. The quantitative estimate of drug-likeness (QED) is 0.345. The van der Waals surface area contributed by atoms with E-state index in [4.69, 9.17) is 0 Å². The van der Waals surface area contributed by atoms with Gasteiger partial charge in [0.05, 0.1) is 16.0 Å². The van der Waals surface area contributed by atoms with Crippen LogP contribution in [0, 0.1) is 15.9 Å². The molecule has 0 bridgehead atoms. The number of halogens is 1. The van der Waals surface area contributed by atoms with Crippen LogP contribution < -0.4 is 10.1 Å². The van der Waals surface area contributed by atoms with Crippen LogP contribution in [0.3, 0.4) is 0 Å². The fourth-order valence-corrected chi connectivity index (χ4v) is 3.45. The number of hydrogen-bond acceptors (Lipinski definition) is 6. The molecule has 148 valence electrons. The predicted octanol–water partition coefficient (Wildman–Crippen LogP) is 3.98. The highest BCUT2D eigenvalue weighted by Crippen LogP contribution is 2.28. The molecule has 0 saturated heterocycles. The van der Waals surface area contributed by atoms with E-state index in [1.807, 2.05) is 0 Å². The summed E-state index contributed by atoms with van der Waals surface area (Å²) in [5.41, 5.74) is 2.96. The fourth-order valence-electron chi connectivity index (χ4n) is 2.37. The summed E-state index contributed by atoms with van der Waals surface area (Å²) in [6, 6.07) is 17.1. The molecule has 0 spiro atoms. The van der Waals surface area contributed by atoms with Crippen molar-refractivity contribution in [1.82, 2.24) is 0 Å². The summed E-state index contributed by atoms with van der Waals surface area (Å²) in [4.78, 5) is 10.4. The predicted molar refractivity (Wildman–Crippen MR) is 108 cm³/mol. The molecule has 2 N–H and O–H groups in total. The van der Waals surface area contributed by atoms with Crippen LogP contribution >= 0.6 is 0 Å². The van der Waals surface area contributed by atoms with Crippen LogP contribution in [-0.2, 0) is 10.0 Å². The van der Waals surface area contributed by atoms with Crippen LogP contribution in [-0.4, -0.2) is 19.6 Å². The lowest BCUT2D eigenvalue weighted by molar-refractivity contribution is -0.384. The molecule has 0 unspecified atom stereocenters. The van der Waals surface area contributed by atoms with Gasteiger partial charge in [0.15, 0.2) is 0 Å². The van der Waals surface area contributed by atoms with Crippen molar-refractivity contribution in [2.45, 2.75) is 4.90 Å². The van der Waals surface area contributed by atoms with Gasteiger partial charge in [-0.1, -0.05) is 30.3 Å². The van der Waals surface area contributed by atoms with Gasteiger partial charge < -0.3 is 0 Å². The zero-order valence-electron chi connectivity index (χ0n) is 14.8. The average Bonchev–Trinajstić information content (AvgIpc) is 2.70. The Kier molecular flexibility index (Phi) is 5.84. The summed E-state index contributed by atoms with van der Waals surface area (Å²) >= 11 is 0.